The Labute approximate surface area is 139 Å². The van der Waals surface area contributed by atoms with Gasteiger partial charge in [0.1, 0.15) is 5.76 Å². The van der Waals surface area contributed by atoms with E-state index in [1.165, 1.54) is 23.1 Å². The fraction of sp³-hybridized carbons (Fsp3) is 0.267. The fourth-order valence-corrected chi connectivity index (χ4v) is 3.10. The summed E-state index contributed by atoms with van der Waals surface area (Å²) in [5.74, 6) is -3.68. The zero-order valence-electron chi connectivity index (χ0n) is 12.2. The van der Waals surface area contributed by atoms with Gasteiger partial charge in [0.05, 0.1) is 6.54 Å². The molecule has 0 unspecified atom stereocenters. The fourth-order valence-electron chi connectivity index (χ4n) is 2.54. The van der Waals surface area contributed by atoms with E-state index < -0.39 is 11.7 Å². The van der Waals surface area contributed by atoms with Gasteiger partial charge in [-0.05, 0) is 18.2 Å². The lowest BCUT2D eigenvalue weighted by atomic mass is 10.0. The molecular weight excluding hydrogens is 342 g/mol. The molecule has 1 amide bonds. The standard InChI is InChI=1S/C15H12F2N2O4S/c16-15(17)24-9-3-1-2-8(6-9)13(20)19-5-4-11-10(7-19)12(14(21)22)18-23-11/h1-3,6,15H,4-5,7H2,(H,21,22). The molecule has 1 aromatic carbocycles. The van der Waals surface area contributed by atoms with Crippen LogP contribution in [0, 0.1) is 0 Å². The van der Waals surface area contributed by atoms with Crippen molar-refractivity contribution in [1.82, 2.24) is 10.1 Å². The Bertz CT molecular complexity index is 794. The minimum atomic E-state index is -2.57. The van der Waals surface area contributed by atoms with E-state index in [2.05, 4.69) is 5.16 Å². The summed E-state index contributed by atoms with van der Waals surface area (Å²) in [7, 11) is 0. The summed E-state index contributed by atoms with van der Waals surface area (Å²) in [5.41, 5.74) is 0.446. The molecule has 6 nitrogen and oxygen atoms in total. The summed E-state index contributed by atoms with van der Waals surface area (Å²) in [5, 5.41) is 12.6. The van der Waals surface area contributed by atoms with E-state index in [1.54, 1.807) is 6.07 Å². The lowest BCUT2D eigenvalue weighted by molar-refractivity contribution is 0.0673. The molecule has 1 aliphatic rings. The predicted molar refractivity (Wildman–Crippen MR) is 80.2 cm³/mol. The Kier molecular flexibility index (Phi) is 4.52. The average molecular weight is 354 g/mol. The van der Waals surface area contributed by atoms with Gasteiger partial charge in [0.25, 0.3) is 11.7 Å². The van der Waals surface area contributed by atoms with Gasteiger partial charge in [-0.15, -0.1) is 0 Å². The first-order chi connectivity index (χ1) is 11.5. The van der Waals surface area contributed by atoms with Crippen LogP contribution in [0.2, 0.25) is 0 Å². The average Bonchev–Trinajstić information content (AvgIpc) is 2.97. The first-order valence-electron chi connectivity index (χ1n) is 7.00. The first-order valence-corrected chi connectivity index (χ1v) is 7.88. The topological polar surface area (TPSA) is 83.6 Å². The molecule has 2 heterocycles. The highest BCUT2D eigenvalue weighted by molar-refractivity contribution is 7.99. The van der Waals surface area contributed by atoms with E-state index in [-0.39, 0.29) is 23.7 Å². The summed E-state index contributed by atoms with van der Waals surface area (Å²) in [6, 6.07) is 5.99. The number of carbonyl (C=O) groups excluding carboxylic acids is 1. The molecular formula is C15H12F2N2O4S. The number of halogens is 2. The van der Waals surface area contributed by atoms with Crippen molar-refractivity contribution in [2.45, 2.75) is 23.6 Å². The normalized spacial score (nSPS) is 13.9. The highest BCUT2D eigenvalue weighted by Gasteiger charge is 2.30. The molecule has 9 heteroatoms. The van der Waals surface area contributed by atoms with E-state index in [9.17, 15) is 18.4 Å². The molecule has 3 rings (SSSR count). The van der Waals surface area contributed by atoms with Crippen molar-refractivity contribution < 1.29 is 28.0 Å². The van der Waals surface area contributed by atoms with Crippen molar-refractivity contribution in [2.24, 2.45) is 0 Å². The van der Waals surface area contributed by atoms with Crippen molar-refractivity contribution in [3.63, 3.8) is 0 Å². The van der Waals surface area contributed by atoms with E-state index in [1.807, 2.05) is 0 Å². The summed E-state index contributed by atoms with van der Waals surface area (Å²) in [6.45, 7) is 0.401. The van der Waals surface area contributed by atoms with Crippen LogP contribution in [0.1, 0.15) is 32.2 Å². The molecule has 1 aliphatic heterocycles. The number of rotatable bonds is 4. The summed E-state index contributed by atoms with van der Waals surface area (Å²) in [4.78, 5) is 25.5. The summed E-state index contributed by atoms with van der Waals surface area (Å²) in [6.07, 6.45) is 0.354. The van der Waals surface area contributed by atoms with Crippen LogP contribution in [-0.4, -0.2) is 39.3 Å². The van der Waals surface area contributed by atoms with E-state index in [4.69, 9.17) is 9.63 Å². The number of hydrogen-bond acceptors (Lipinski definition) is 5. The van der Waals surface area contributed by atoms with Gasteiger partial charge in [-0.2, -0.15) is 8.78 Å². The molecule has 0 bridgehead atoms. The molecule has 0 aliphatic carbocycles. The van der Waals surface area contributed by atoms with E-state index in [0.717, 1.165) is 0 Å². The number of hydrogen-bond donors (Lipinski definition) is 1. The third kappa shape index (κ3) is 3.25. The van der Waals surface area contributed by atoms with Crippen LogP contribution in [0.15, 0.2) is 33.7 Å². The van der Waals surface area contributed by atoms with Crippen LogP contribution in [0.5, 0.6) is 0 Å². The highest BCUT2D eigenvalue weighted by atomic mass is 32.2. The number of carboxylic acids is 1. The molecule has 0 saturated carbocycles. The number of aromatic nitrogens is 1. The second-order valence-electron chi connectivity index (χ2n) is 5.12. The van der Waals surface area contributed by atoms with Gasteiger partial charge in [-0.3, -0.25) is 4.79 Å². The van der Waals surface area contributed by atoms with Gasteiger partial charge >= 0.3 is 5.97 Å². The van der Waals surface area contributed by atoms with Gasteiger partial charge in [0.2, 0.25) is 0 Å². The van der Waals surface area contributed by atoms with E-state index in [0.29, 0.717) is 40.9 Å². The maximum atomic E-state index is 12.6. The summed E-state index contributed by atoms with van der Waals surface area (Å²) >= 11 is 0.366. The molecule has 0 atom stereocenters. The zero-order chi connectivity index (χ0) is 17.3. The second-order valence-corrected chi connectivity index (χ2v) is 6.18. The SMILES string of the molecule is O=C(O)c1noc2c1CN(C(=O)c1cccc(SC(F)F)c1)CC2. The number of nitrogens with zero attached hydrogens (tertiary/aromatic N) is 2. The van der Waals surface area contributed by atoms with Gasteiger partial charge in [0, 0.05) is 29.0 Å². The van der Waals surface area contributed by atoms with Crippen molar-refractivity contribution in [1.29, 1.82) is 0 Å². The van der Waals surface area contributed by atoms with Crippen LogP contribution in [0.3, 0.4) is 0 Å². The van der Waals surface area contributed by atoms with Gasteiger partial charge in [-0.25, -0.2) is 4.79 Å². The third-order valence-electron chi connectivity index (χ3n) is 3.62. The number of fused-ring (bicyclic) bond motifs is 1. The molecule has 0 radical (unpaired) electrons. The first kappa shape index (κ1) is 16.4. The predicted octanol–water partition coefficient (Wildman–Crippen LogP) is 2.89. The van der Waals surface area contributed by atoms with Gasteiger partial charge in [-0.1, -0.05) is 23.0 Å². The minimum absolute atomic E-state index is 0.0610. The lowest BCUT2D eigenvalue weighted by Crippen LogP contribution is -2.36. The van der Waals surface area contributed by atoms with Gasteiger partial charge < -0.3 is 14.5 Å². The van der Waals surface area contributed by atoms with Crippen LogP contribution in [0.25, 0.3) is 0 Å². The Balaban J connectivity index is 1.81. The molecule has 2 aromatic rings. The summed E-state index contributed by atoms with van der Waals surface area (Å²) < 4.78 is 29.9. The number of benzene rings is 1. The van der Waals surface area contributed by atoms with Crippen molar-refractivity contribution in [3.05, 3.63) is 46.8 Å². The zero-order valence-corrected chi connectivity index (χ0v) is 13.1. The molecule has 0 saturated heterocycles. The monoisotopic (exact) mass is 354 g/mol. The number of carboxylic acid groups (broad SMARTS) is 1. The van der Waals surface area contributed by atoms with Crippen LogP contribution in [0.4, 0.5) is 8.78 Å². The Hall–Kier alpha value is -2.42. The van der Waals surface area contributed by atoms with Crippen molar-refractivity contribution in [3.8, 4) is 0 Å². The number of aromatic carboxylic acids is 1. The second kappa shape index (κ2) is 6.60. The Morgan fingerprint density at radius 3 is 2.88 bits per heavy atom. The number of carbonyl (C=O) groups is 2. The molecule has 0 fully saturated rings. The lowest BCUT2D eigenvalue weighted by Gasteiger charge is -2.26. The largest absolute Gasteiger partial charge is 0.476 e. The Morgan fingerprint density at radius 1 is 1.38 bits per heavy atom. The number of amides is 1. The Morgan fingerprint density at radius 2 is 2.17 bits per heavy atom. The smallest absolute Gasteiger partial charge is 0.358 e. The van der Waals surface area contributed by atoms with Crippen LogP contribution < -0.4 is 0 Å². The van der Waals surface area contributed by atoms with Gasteiger partial charge in [0.15, 0.2) is 5.69 Å². The third-order valence-corrected chi connectivity index (χ3v) is 4.33. The molecule has 0 spiro atoms. The molecule has 126 valence electrons. The van der Waals surface area contributed by atoms with Crippen LogP contribution >= 0.6 is 11.8 Å². The maximum Gasteiger partial charge on any atom is 0.358 e. The maximum absolute atomic E-state index is 12.6. The quantitative estimate of drug-likeness (QED) is 0.850. The van der Waals surface area contributed by atoms with Crippen LogP contribution in [-0.2, 0) is 13.0 Å². The molecule has 24 heavy (non-hydrogen) atoms. The number of alkyl halides is 2. The van der Waals surface area contributed by atoms with E-state index >= 15 is 0 Å². The minimum Gasteiger partial charge on any atom is -0.476 e. The highest BCUT2D eigenvalue weighted by Crippen LogP contribution is 2.27. The number of thioether (sulfide) groups is 1. The van der Waals surface area contributed by atoms with Crippen molar-refractivity contribution in [2.75, 3.05) is 6.54 Å². The molecule has 1 aromatic heterocycles. The van der Waals surface area contributed by atoms with Crippen molar-refractivity contribution >= 4 is 23.6 Å². The molecule has 1 N–H and O–H groups in total.